The van der Waals surface area contributed by atoms with Gasteiger partial charge in [0.15, 0.2) is 6.29 Å². The Morgan fingerprint density at radius 1 is 1.31 bits per heavy atom. The molecule has 0 fully saturated rings. The van der Waals surface area contributed by atoms with E-state index in [4.69, 9.17) is 5.73 Å². The fourth-order valence-electron chi connectivity index (χ4n) is 0.937. The van der Waals surface area contributed by atoms with Gasteiger partial charge in [-0.15, -0.1) is 0 Å². The van der Waals surface area contributed by atoms with E-state index in [-0.39, 0.29) is 12.0 Å². The Kier molecular flexibility index (Phi) is 2.27. The lowest BCUT2D eigenvalue weighted by Crippen LogP contribution is -2.09. The lowest BCUT2D eigenvalue weighted by atomic mass is 10.1. The molecule has 0 spiro atoms. The van der Waals surface area contributed by atoms with Crippen molar-refractivity contribution in [2.75, 3.05) is 5.73 Å². The van der Waals surface area contributed by atoms with E-state index in [1.165, 1.54) is 0 Å². The molecule has 0 aliphatic rings. The Balaban J connectivity index is 3.29. The average molecular weight is 189 g/mol. The predicted molar refractivity (Wildman–Crippen MR) is 41.2 cm³/mol. The van der Waals surface area contributed by atoms with Crippen molar-refractivity contribution in [3.63, 3.8) is 0 Å². The van der Waals surface area contributed by atoms with Crippen molar-refractivity contribution in [1.82, 2.24) is 0 Å². The zero-order chi connectivity index (χ0) is 10.1. The normalized spacial score (nSPS) is 11.3. The Morgan fingerprint density at radius 3 is 2.38 bits per heavy atom. The number of aldehydes is 1. The van der Waals surface area contributed by atoms with Gasteiger partial charge in [-0.1, -0.05) is 0 Å². The zero-order valence-corrected chi connectivity index (χ0v) is 6.43. The number of nitrogens with two attached hydrogens (primary N) is 1. The fourth-order valence-corrected chi connectivity index (χ4v) is 0.937. The summed E-state index contributed by atoms with van der Waals surface area (Å²) in [5.41, 5.74) is 3.96. The highest BCUT2D eigenvalue weighted by atomic mass is 19.4. The third-order valence-electron chi connectivity index (χ3n) is 1.51. The van der Waals surface area contributed by atoms with Crippen LogP contribution in [0.25, 0.3) is 0 Å². The first-order valence-corrected chi connectivity index (χ1v) is 3.37. The van der Waals surface area contributed by atoms with E-state index in [0.717, 1.165) is 18.2 Å². The second kappa shape index (κ2) is 3.08. The molecule has 2 N–H and O–H groups in total. The number of hydrogen-bond acceptors (Lipinski definition) is 2. The summed E-state index contributed by atoms with van der Waals surface area (Å²) >= 11 is 0. The zero-order valence-electron chi connectivity index (χ0n) is 6.43. The lowest BCUT2D eigenvalue weighted by Gasteiger charge is -2.08. The van der Waals surface area contributed by atoms with E-state index in [1.54, 1.807) is 0 Å². The highest BCUT2D eigenvalue weighted by molar-refractivity contribution is 5.79. The van der Waals surface area contributed by atoms with Gasteiger partial charge in [0.1, 0.15) is 0 Å². The van der Waals surface area contributed by atoms with Crippen molar-refractivity contribution >= 4 is 12.0 Å². The molecule has 2 nitrogen and oxygen atoms in total. The van der Waals surface area contributed by atoms with Crippen LogP contribution in [-0.2, 0) is 6.18 Å². The van der Waals surface area contributed by atoms with Gasteiger partial charge in [-0.05, 0) is 18.2 Å². The molecule has 0 saturated carbocycles. The van der Waals surface area contributed by atoms with Crippen molar-refractivity contribution < 1.29 is 18.0 Å². The number of rotatable bonds is 1. The smallest absolute Gasteiger partial charge is 0.399 e. The maximum atomic E-state index is 12.2. The predicted octanol–water partition coefficient (Wildman–Crippen LogP) is 2.10. The Morgan fingerprint density at radius 2 is 1.92 bits per heavy atom. The second-order valence-corrected chi connectivity index (χ2v) is 2.46. The molecular weight excluding hydrogens is 183 g/mol. The molecule has 0 heterocycles. The molecule has 0 unspecified atom stereocenters. The molecule has 0 aliphatic carbocycles. The third kappa shape index (κ3) is 1.99. The summed E-state index contributed by atoms with van der Waals surface area (Å²) in [6, 6.07) is 2.89. The SMILES string of the molecule is Nc1ccc(C(F)(F)F)c(C=O)c1. The van der Waals surface area contributed by atoms with Crippen LogP contribution in [0.5, 0.6) is 0 Å². The summed E-state index contributed by atoms with van der Waals surface area (Å²) < 4.78 is 36.5. The third-order valence-corrected chi connectivity index (χ3v) is 1.51. The van der Waals surface area contributed by atoms with Crippen LogP contribution in [0.4, 0.5) is 18.9 Å². The summed E-state index contributed by atoms with van der Waals surface area (Å²) in [6.45, 7) is 0. The van der Waals surface area contributed by atoms with Crippen molar-refractivity contribution in [3.05, 3.63) is 29.3 Å². The highest BCUT2D eigenvalue weighted by Crippen LogP contribution is 2.31. The van der Waals surface area contributed by atoms with Crippen LogP contribution in [0, 0.1) is 0 Å². The number of hydrogen-bond donors (Lipinski definition) is 1. The van der Waals surface area contributed by atoms with Crippen molar-refractivity contribution in [2.24, 2.45) is 0 Å². The molecule has 0 bridgehead atoms. The molecule has 5 heteroatoms. The molecule has 0 atom stereocenters. The first-order valence-electron chi connectivity index (χ1n) is 3.37. The number of anilines is 1. The van der Waals surface area contributed by atoms with Gasteiger partial charge in [0, 0.05) is 11.3 Å². The van der Waals surface area contributed by atoms with Gasteiger partial charge < -0.3 is 5.73 Å². The number of benzene rings is 1. The van der Waals surface area contributed by atoms with Crippen LogP contribution in [0.1, 0.15) is 15.9 Å². The molecule has 0 saturated heterocycles. The molecule has 0 aliphatic heterocycles. The van der Waals surface area contributed by atoms with Gasteiger partial charge in [-0.25, -0.2) is 0 Å². The quantitative estimate of drug-likeness (QED) is 0.543. The molecule has 13 heavy (non-hydrogen) atoms. The van der Waals surface area contributed by atoms with Gasteiger partial charge in [-0.3, -0.25) is 4.79 Å². The maximum absolute atomic E-state index is 12.2. The summed E-state index contributed by atoms with van der Waals surface area (Å²) in [6.07, 6.45) is -4.37. The fraction of sp³-hybridized carbons (Fsp3) is 0.125. The summed E-state index contributed by atoms with van der Waals surface area (Å²) in [5.74, 6) is 0. The van der Waals surface area contributed by atoms with Gasteiger partial charge in [-0.2, -0.15) is 13.2 Å². The molecule has 0 aromatic heterocycles. The molecule has 70 valence electrons. The summed E-state index contributed by atoms with van der Waals surface area (Å²) in [7, 11) is 0. The van der Waals surface area contributed by atoms with Crippen molar-refractivity contribution in [1.29, 1.82) is 0 Å². The Labute approximate surface area is 72.2 Å². The largest absolute Gasteiger partial charge is 0.417 e. The minimum Gasteiger partial charge on any atom is -0.399 e. The Bertz CT molecular complexity index is 333. The number of halogens is 3. The molecule has 1 aromatic rings. The number of alkyl halides is 3. The number of carbonyl (C=O) groups excluding carboxylic acids is 1. The van der Waals surface area contributed by atoms with Crippen LogP contribution < -0.4 is 5.73 Å². The van der Waals surface area contributed by atoms with Crippen molar-refractivity contribution in [2.45, 2.75) is 6.18 Å². The standard InChI is InChI=1S/C8H6F3NO/c9-8(10,11)7-2-1-6(12)3-5(7)4-13/h1-4H,12H2. The topological polar surface area (TPSA) is 43.1 Å². The van der Waals surface area contributed by atoms with Crippen LogP contribution in [-0.4, -0.2) is 6.29 Å². The van der Waals surface area contributed by atoms with Crippen LogP contribution in [0.15, 0.2) is 18.2 Å². The molecule has 0 amide bonds. The summed E-state index contributed by atoms with van der Waals surface area (Å²) in [5, 5.41) is 0. The number of nitrogen functional groups attached to an aromatic ring is 1. The van der Waals surface area contributed by atoms with Gasteiger partial charge in [0.05, 0.1) is 5.56 Å². The second-order valence-electron chi connectivity index (χ2n) is 2.46. The first-order chi connectivity index (χ1) is 5.95. The molecular formula is C8H6F3NO. The van der Waals surface area contributed by atoms with Crippen LogP contribution >= 0.6 is 0 Å². The minimum atomic E-state index is -4.51. The van der Waals surface area contributed by atoms with Crippen LogP contribution in [0.3, 0.4) is 0 Å². The van der Waals surface area contributed by atoms with E-state index < -0.39 is 17.3 Å². The van der Waals surface area contributed by atoms with Crippen LogP contribution in [0.2, 0.25) is 0 Å². The van der Waals surface area contributed by atoms with Crippen molar-refractivity contribution in [3.8, 4) is 0 Å². The van der Waals surface area contributed by atoms with Gasteiger partial charge in [0.25, 0.3) is 0 Å². The lowest BCUT2D eigenvalue weighted by molar-refractivity contribution is -0.137. The highest BCUT2D eigenvalue weighted by Gasteiger charge is 2.33. The van der Waals surface area contributed by atoms with Gasteiger partial charge >= 0.3 is 6.18 Å². The molecule has 0 radical (unpaired) electrons. The monoisotopic (exact) mass is 189 g/mol. The van der Waals surface area contributed by atoms with E-state index in [9.17, 15) is 18.0 Å². The molecule has 1 aromatic carbocycles. The average Bonchev–Trinajstić information content (AvgIpc) is 2.01. The maximum Gasteiger partial charge on any atom is 0.417 e. The van der Waals surface area contributed by atoms with Gasteiger partial charge in [0.2, 0.25) is 0 Å². The van der Waals surface area contributed by atoms with E-state index in [1.807, 2.05) is 0 Å². The van der Waals surface area contributed by atoms with E-state index >= 15 is 0 Å². The first kappa shape index (κ1) is 9.57. The minimum absolute atomic E-state index is 0.134. The summed E-state index contributed by atoms with van der Waals surface area (Å²) in [4.78, 5) is 10.3. The Hall–Kier alpha value is -1.52. The number of carbonyl (C=O) groups is 1. The van der Waals surface area contributed by atoms with E-state index in [0.29, 0.717) is 0 Å². The molecule has 1 rings (SSSR count). The van der Waals surface area contributed by atoms with E-state index in [2.05, 4.69) is 0 Å².